The van der Waals surface area contributed by atoms with Gasteiger partial charge in [0.25, 0.3) is 0 Å². The number of hydrogen-bond donors (Lipinski definition) is 1. The second-order valence-corrected chi connectivity index (χ2v) is 4.62. The van der Waals surface area contributed by atoms with Gasteiger partial charge in [0.1, 0.15) is 0 Å². The minimum atomic E-state index is -0.238. The van der Waals surface area contributed by atoms with E-state index in [2.05, 4.69) is 24.6 Å². The van der Waals surface area contributed by atoms with Crippen molar-refractivity contribution in [3.05, 3.63) is 21.9 Å². The van der Waals surface area contributed by atoms with Crippen LogP contribution in [0.15, 0.2) is 10.8 Å². The Morgan fingerprint density at radius 3 is 2.64 bits per heavy atom. The second kappa shape index (κ2) is 6.20. The molecule has 1 heterocycles. The van der Waals surface area contributed by atoms with Crippen LogP contribution in [0.5, 0.6) is 0 Å². The summed E-state index contributed by atoms with van der Waals surface area (Å²) in [7, 11) is 0. The van der Waals surface area contributed by atoms with E-state index in [0.717, 1.165) is 18.4 Å². The molecule has 0 saturated carbocycles. The smallest absolute Gasteiger partial charge is 0.0800 e. The van der Waals surface area contributed by atoms with Crippen molar-refractivity contribution in [2.45, 2.75) is 52.1 Å². The van der Waals surface area contributed by atoms with Crippen molar-refractivity contribution in [1.82, 2.24) is 0 Å². The first-order chi connectivity index (χ1) is 6.75. The summed E-state index contributed by atoms with van der Waals surface area (Å²) in [6, 6.07) is 0. The zero-order valence-corrected chi connectivity index (χ0v) is 9.94. The molecule has 1 rings (SSSR count). The molecule has 0 aliphatic heterocycles. The van der Waals surface area contributed by atoms with Gasteiger partial charge in [0.2, 0.25) is 0 Å². The van der Waals surface area contributed by atoms with E-state index in [9.17, 15) is 5.11 Å². The van der Waals surface area contributed by atoms with E-state index in [-0.39, 0.29) is 6.10 Å². The van der Waals surface area contributed by atoms with Gasteiger partial charge >= 0.3 is 0 Å². The third-order valence-corrected chi connectivity index (χ3v) is 3.46. The predicted octanol–water partition coefficient (Wildman–Crippen LogP) is 4.06. The molecule has 0 radical (unpaired) electrons. The summed E-state index contributed by atoms with van der Waals surface area (Å²) >= 11 is 1.68. The van der Waals surface area contributed by atoms with Gasteiger partial charge in [-0.3, -0.25) is 0 Å². The molecule has 2 heteroatoms. The summed E-state index contributed by atoms with van der Waals surface area (Å²) in [5.41, 5.74) is 2.37. The van der Waals surface area contributed by atoms with E-state index in [0.29, 0.717) is 0 Å². The molecule has 0 saturated heterocycles. The van der Waals surface area contributed by atoms with Crippen LogP contribution in [0.2, 0.25) is 0 Å². The van der Waals surface area contributed by atoms with Gasteiger partial charge in [-0.25, -0.2) is 0 Å². The van der Waals surface area contributed by atoms with Gasteiger partial charge in [0, 0.05) is 0 Å². The van der Waals surface area contributed by atoms with Crippen LogP contribution in [-0.4, -0.2) is 5.11 Å². The zero-order valence-electron chi connectivity index (χ0n) is 9.12. The molecule has 0 aliphatic carbocycles. The molecule has 0 spiro atoms. The SMILES string of the molecule is CCCCCCC(O)c1cscc1C. The topological polar surface area (TPSA) is 20.2 Å². The molecule has 0 bridgehead atoms. The largest absolute Gasteiger partial charge is 0.388 e. The third kappa shape index (κ3) is 3.43. The average molecular weight is 212 g/mol. The molecule has 1 aromatic rings. The highest BCUT2D eigenvalue weighted by atomic mass is 32.1. The first-order valence-electron chi connectivity index (χ1n) is 5.46. The molecule has 14 heavy (non-hydrogen) atoms. The molecular formula is C12H20OS. The number of aryl methyl sites for hydroxylation is 1. The predicted molar refractivity (Wildman–Crippen MR) is 62.8 cm³/mol. The van der Waals surface area contributed by atoms with Gasteiger partial charge in [-0.15, -0.1) is 0 Å². The summed E-state index contributed by atoms with van der Waals surface area (Å²) in [6.07, 6.45) is 5.61. The number of unbranched alkanes of at least 4 members (excludes halogenated alkanes) is 3. The van der Waals surface area contributed by atoms with Crippen LogP contribution < -0.4 is 0 Å². The number of rotatable bonds is 6. The van der Waals surface area contributed by atoms with E-state index in [1.807, 2.05) is 0 Å². The van der Waals surface area contributed by atoms with Gasteiger partial charge in [0.05, 0.1) is 6.10 Å². The van der Waals surface area contributed by atoms with Crippen LogP contribution >= 0.6 is 11.3 Å². The van der Waals surface area contributed by atoms with Gasteiger partial charge < -0.3 is 5.11 Å². The van der Waals surface area contributed by atoms with Crippen molar-refractivity contribution in [3.63, 3.8) is 0 Å². The number of aliphatic hydroxyl groups is 1. The fourth-order valence-corrected chi connectivity index (χ4v) is 2.53. The second-order valence-electron chi connectivity index (χ2n) is 3.88. The summed E-state index contributed by atoms with van der Waals surface area (Å²) in [4.78, 5) is 0. The minimum Gasteiger partial charge on any atom is -0.388 e. The molecule has 1 atom stereocenters. The Hall–Kier alpha value is -0.340. The number of aliphatic hydroxyl groups excluding tert-OH is 1. The molecule has 1 unspecified atom stereocenters. The fourth-order valence-electron chi connectivity index (χ4n) is 1.63. The molecule has 0 fully saturated rings. The van der Waals surface area contributed by atoms with Crippen molar-refractivity contribution >= 4 is 11.3 Å². The van der Waals surface area contributed by atoms with Crippen molar-refractivity contribution in [2.75, 3.05) is 0 Å². The van der Waals surface area contributed by atoms with Crippen LogP contribution in [0.4, 0.5) is 0 Å². The Bertz CT molecular complexity index is 255. The highest BCUT2D eigenvalue weighted by Crippen LogP contribution is 2.25. The zero-order chi connectivity index (χ0) is 10.4. The number of hydrogen-bond acceptors (Lipinski definition) is 2. The normalized spacial score (nSPS) is 13.1. The van der Waals surface area contributed by atoms with Crippen molar-refractivity contribution < 1.29 is 5.11 Å². The van der Waals surface area contributed by atoms with E-state index in [1.54, 1.807) is 11.3 Å². The lowest BCUT2D eigenvalue weighted by Crippen LogP contribution is -1.97. The van der Waals surface area contributed by atoms with Crippen LogP contribution in [0.3, 0.4) is 0 Å². The Morgan fingerprint density at radius 2 is 2.07 bits per heavy atom. The highest BCUT2D eigenvalue weighted by molar-refractivity contribution is 7.08. The summed E-state index contributed by atoms with van der Waals surface area (Å²) in [6.45, 7) is 4.28. The van der Waals surface area contributed by atoms with E-state index in [1.165, 1.54) is 24.8 Å². The first kappa shape index (κ1) is 11.7. The molecule has 0 aromatic carbocycles. The van der Waals surface area contributed by atoms with Crippen molar-refractivity contribution in [3.8, 4) is 0 Å². The minimum absolute atomic E-state index is 0.238. The van der Waals surface area contributed by atoms with Gasteiger partial charge in [-0.1, -0.05) is 32.6 Å². The van der Waals surface area contributed by atoms with Crippen LogP contribution in [0, 0.1) is 6.92 Å². The quantitative estimate of drug-likeness (QED) is 0.705. The number of thiophene rings is 1. The Labute approximate surface area is 90.8 Å². The molecular weight excluding hydrogens is 192 g/mol. The lowest BCUT2D eigenvalue weighted by molar-refractivity contribution is 0.163. The van der Waals surface area contributed by atoms with Crippen molar-refractivity contribution in [2.24, 2.45) is 0 Å². The Morgan fingerprint density at radius 1 is 1.29 bits per heavy atom. The maximum Gasteiger partial charge on any atom is 0.0800 e. The standard InChI is InChI=1S/C12H20OS/c1-3-4-5-6-7-12(13)11-9-14-8-10(11)2/h8-9,12-13H,3-7H2,1-2H3. The third-order valence-electron chi connectivity index (χ3n) is 2.59. The molecule has 1 nitrogen and oxygen atoms in total. The lowest BCUT2D eigenvalue weighted by atomic mass is 10.0. The fraction of sp³-hybridized carbons (Fsp3) is 0.667. The van der Waals surface area contributed by atoms with Crippen LogP contribution in [0.1, 0.15) is 56.3 Å². The van der Waals surface area contributed by atoms with Gasteiger partial charge in [-0.2, -0.15) is 11.3 Å². The Balaban J connectivity index is 2.28. The van der Waals surface area contributed by atoms with E-state index in [4.69, 9.17) is 0 Å². The van der Waals surface area contributed by atoms with Gasteiger partial charge in [-0.05, 0) is 35.2 Å². The van der Waals surface area contributed by atoms with Crippen molar-refractivity contribution in [1.29, 1.82) is 0 Å². The summed E-state index contributed by atoms with van der Waals surface area (Å²) in [5, 5.41) is 14.1. The lowest BCUT2D eigenvalue weighted by Gasteiger charge is -2.09. The summed E-state index contributed by atoms with van der Waals surface area (Å²) < 4.78 is 0. The Kier molecular flexibility index (Phi) is 5.20. The van der Waals surface area contributed by atoms with E-state index < -0.39 is 0 Å². The maximum absolute atomic E-state index is 9.90. The maximum atomic E-state index is 9.90. The first-order valence-corrected chi connectivity index (χ1v) is 6.40. The van der Waals surface area contributed by atoms with E-state index >= 15 is 0 Å². The molecule has 1 aromatic heterocycles. The molecule has 1 N–H and O–H groups in total. The average Bonchev–Trinajstić information content (AvgIpc) is 2.59. The molecule has 0 amide bonds. The van der Waals surface area contributed by atoms with Crippen LogP contribution in [0.25, 0.3) is 0 Å². The van der Waals surface area contributed by atoms with Gasteiger partial charge in [0.15, 0.2) is 0 Å². The highest BCUT2D eigenvalue weighted by Gasteiger charge is 2.10. The molecule has 80 valence electrons. The molecule has 0 aliphatic rings. The van der Waals surface area contributed by atoms with Crippen LogP contribution in [-0.2, 0) is 0 Å². The monoisotopic (exact) mass is 212 g/mol. The summed E-state index contributed by atoms with van der Waals surface area (Å²) in [5.74, 6) is 0.